The van der Waals surface area contributed by atoms with E-state index in [2.05, 4.69) is 193 Å². The van der Waals surface area contributed by atoms with Crippen molar-refractivity contribution >= 4 is 27.3 Å². The van der Waals surface area contributed by atoms with Gasteiger partial charge in [-0.25, -0.2) is 9.97 Å². The van der Waals surface area contributed by atoms with E-state index in [9.17, 15) is 0 Å². The smallest absolute Gasteiger partial charge is 0.137 e. The quantitative estimate of drug-likeness (QED) is 0.169. The molecule has 252 valence electrons. The van der Waals surface area contributed by atoms with Crippen LogP contribution in [0, 0.1) is 0 Å². The molecule has 0 aliphatic heterocycles. The Balaban J connectivity index is 1.17. The van der Waals surface area contributed by atoms with Gasteiger partial charge in [-0.3, -0.25) is 4.40 Å². The summed E-state index contributed by atoms with van der Waals surface area (Å²) in [5.41, 5.74) is 15.4. The zero-order chi connectivity index (χ0) is 35.6. The highest BCUT2D eigenvalue weighted by atomic mass is 15.0. The Hall–Kier alpha value is -7.10. The maximum atomic E-state index is 5.40. The lowest BCUT2D eigenvalue weighted by Crippen LogP contribution is -2.28. The highest BCUT2D eigenvalue weighted by Crippen LogP contribution is 2.58. The molecule has 0 radical (unpaired) electrons. The molecule has 3 aromatic heterocycles. The fourth-order valence-corrected chi connectivity index (χ4v) is 9.05. The van der Waals surface area contributed by atoms with Crippen molar-refractivity contribution in [1.29, 1.82) is 0 Å². The Morgan fingerprint density at radius 2 is 1.02 bits per heavy atom. The lowest BCUT2D eigenvalue weighted by Gasteiger charge is -2.34. The van der Waals surface area contributed by atoms with Gasteiger partial charge in [-0.1, -0.05) is 176 Å². The number of fused-ring (bicyclic) bond motifs is 8. The minimum atomic E-state index is -0.473. The molecule has 0 spiro atoms. The van der Waals surface area contributed by atoms with Crippen LogP contribution in [0.4, 0.5) is 0 Å². The molecule has 0 bridgehead atoms. The molecular formula is C51H33N3. The number of hydrogen-bond acceptors (Lipinski definition) is 2. The van der Waals surface area contributed by atoms with Crippen LogP contribution in [-0.4, -0.2) is 14.4 Å². The molecule has 0 saturated carbocycles. The maximum Gasteiger partial charge on any atom is 0.137 e. The summed E-state index contributed by atoms with van der Waals surface area (Å²) in [6.45, 7) is 0. The molecule has 1 aliphatic rings. The summed E-state index contributed by atoms with van der Waals surface area (Å²) in [5, 5.41) is 3.55. The van der Waals surface area contributed by atoms with Gasteiger partial charge in [-0.15, -0.1) is 0 Å². The van der Waals surface area contributed by atoms with Gasteiger partial charge in [0.05, 0.1) is 28.0 Å². The van der Waals surface area contributed by atoms with Crippen LogP contribution in [-0.2, 0) is 5.41 Å². The Kier molecular flexibility index (Phi) is 6.77. The molecule has 10 aromatic rings. The second-order valence-corrected chi connectivity index (χ2v) is 14.1. The van der Waals surface area contributed by atoms with Crippen molar-refractivity contribution in [2.45, 2.75) is 5.41 Å². The van der Waals surface area contributed by atoms with Crippen molar-refractivity contribution in [2.24, 2.45) is 0 Å². The first-order valence-electron chi connectivity index (χ1n) is 18.5. The number of imidazole rings is 1. The van der Waals surface area contributed by atoms with Crippen LogP contribution in [0.2, 0.25) is 0 Å². The van der Waals surface area contributed by atoms with Crippen molar-refractivity contribution in [2.75, 3.05) is 0 Å². The van der Waals surface area contributed by atoms with Crippen molar-refractivity contribution in [3.63, 3.8) is 0 Å². The van der Waals surface area contributed by atoms with E-state index < -0.39 is 5.41 Å². The van der Waals surface area contributed by atoms with Crippen LogP contribution < -0.4 is 0 Å². The van der Waals surface area contributed by atoms with Gasteiger partial charge in [0.25, 0.3) is 0 Å². The van der Waals surface area contributed by atoms with Crippen LogP contribution >= 0.6 is 0 Å². The molecule has 54 heavy (non-hydrogen) atoms. The van der Waals surface area contributed by atoms with E-state index in [0.717, 1.165) is 55.7 Å². The highest BCUT2D eigenvalue weighted by molar-refractivity contribution is 6.19. The minimum Gasteiger partial charge on any atom is -0.299 e. The second kappa shape index (κ2) is 12.0. The van der Waals surface area contributed by atoms with Gasteiger partial charge in [0, 0.05) is 39.0 Å². The normalized spacial score (nSPS) is 13.0. The summed E-state index contributed by atoms with van der Waals surface area (Å²) < 4.78 is 2.19. The first-order valence-corrected chi connectivity index (χ1v) is 18.5. The predicted octanol–water partition coefficient (Wildman–Crippen LogP) is 12.4. The SMILES string of the molecule is c1ccc(-c2nc3ccccn3c2-c2ccc(-c3nc4ccccc4c4c5c(ccc34)C(c3ccccc3)(c3ccccc3)c3ccccc3-5)cc2)cc1. The summed E-state index contributed by atoms with van der Waals surface area (Å²) in [5.74, 6) is 0. The number of pyridine rings is 2. The first kappa shape index (κ1) is 30.5. The van der Waals surface area contributed by atoms with Crippen LogP contribution in [0.3, 0.4) is 0 Å². The Labute approximate surface area is 313 Å². The molecule has 0 fully saturated rings. The fraction of sp³-hybridized carbons (Fsp3) is 0.0196. The largest absolute Gasteiger partial charge is 0.299 e. The maximum absolute atomic E-state index is 5.40. The van der Waals surface area contributed by atoms with E-state index in [4.69, 9.17) is 9.97 Å². The first-order chi connectivity index (χ1) is 26.8. The van der Waals surface area contributed by atoms with E-state index in [0.29, 0.717) is 0 Å². The zero-order valence-electron chi connectivity index (χ0n) is 29.4. The third-order valence-corrected chi connectivity index (χ3v) is 11.3. The van der Waals surface area contributed by atoms with E-state index in [-0.39, 0.29) is 0 Å². The van der Waals surface area contributed by atoms with E-state index in [1.165, 1.54) is 38.8 Å². The molecule has 3 heteroatoms. The lowest BCUT2D eigenvalue weighted by atomic mass is 9.67. The van der Waals surface area contributed by atoms with E-state index in [1.54, 1.807) is 0 Å². The van der Waals surface area contributed by atoms with Gasteiger partial charge in [0.1, 0.15) is 5.65 Å². The summed E-state index contributed by atoms with van der Waals surface area (Å²) in [6, 6.07) is 69.9. The van der Waals surface area contributed by atoms with Gasteiger partial charge in [-0.2, -0.15) is 0 Å². The highest BCUT2D eigenvalue weighted by Gasteiger charge is 2.46. The molecule has 0 saturated heterocycles. The van der Waals surface area contributed by atoms with Gasteiger partial charge in [0.15, 0.2) is 0 Å². The standard InChI is InChI=1S/C51H33N3/c1-4-16-34(17-5-1)49-50(54-33-15-14-26-45(54)53-49)36-29-27-35(28-30-36)48-41-31-32-43-47(46(41)40-23-11-13-25-44(40)52-48)39-22-10-12-24-42(39)51(43,37-18-6-2-7-19-37)38-20-8-3-9-21-38/h1-33H. The molecule has 3 nitrogen and oxygen atoms in total. The number of para-hydroxylation sites is 1. The zero-order valence-corrected chi connectivity index (χ0v) is 29.4. The number of hydrogen-bond donors (Lipinski definition) is 0. The van der Waals surface area contributed by atoms with Crippen molar-refractivity contribution in [3.8, 4) is 44.9 Å². The third-order valence-electron chi connectivity index (χ3n) is 11.3. The molecule has 0 atom stereocenters. The molecule has 0 amide bonds. The van der Waals surface area contributed by atoms with Gasteiger partial charge in [0.2, 0.25) is 0 Å². The minimum absolute atomic E-state index is 0.473. The van der Waals surface area contributed by atoms with E-state index in [1.807, 2.05) is 12.1 Å². The lowest BCUT2D eigenvalue weighted by molar-refractivity contribution is 0.769. The number of benzene rings is 7. The van der Waals surface area contributed by atoms with Crippen LogP contribution in [0.5, 0.6) is 0 Å². The van der Waals surface area contributed by atoms with E-state index >= 15 is 0 Å². The molecule has 3 heterocycles. The van der Waals surface area contributed by atoms with Crippen molar-refractivity contribution < 1.29 is 0 Å². The summed E-state index contributed by atoms with van der Waals surface area (Å²) in [4.78, 5) is 10.5. The fourth-order valence-electron chi connectivity index (χ4n) is 9.05. The topological polar surface area (TPSA) is 30.2 Å². The monoisotopic (exact) mass is 687 g/mol. The molecule has 0 N–H and O–H groups in total. The van der Waals surface area contributed by atoms with Gasteiger partial charge < -0.3 is 0 Å². The van der Waals surface area contributed by atoms with Crippen LogP contribution in [0.1, 0.15) is 22.3 Å². The average Bonchev–Trinajstić information content (AvgIpc) is 3.79. The number of aromatic nitrogens is 3. The van der Waals surface area contributed by atoms with Crippen LogP contribution in [0.15, 0.2) is 200 Å². The number of nitrogens with zero attached hydrogens (tertiary/aromatic N) is 3. The summed E-state index contributed by atoms with van der Waals surface area (Å²) >= 11 is 0. The summed E-state index contributed by atoms with van der Waals surface area (Å²) in [7, 11) is 0. The Morgan fingerprint density at radius 1 is 0.407 bits per heavy atom. The number of rotatable bonds is 5. The van der Waals surface area contributed by atoms with Crippen molar-refractivity contribution in [3.05, 3.63) is 223 Å². The van der Waals surface area contributed by atoms with Crippen molar-refractivity contribution in [1.82, 2.24) is 14.4 Å². The van der Waals surface area contributed by atoms with Gasteiger partial charge in [-0.05, 0) is 51.6 Å². The van der Waals surface area contributed by atoms with Crippen LogP contribution in [0.25, 0.3) is 72.2 Å². The average molecular weight is 688 g/mol. The molecular weight excluding hydrogens is 655 g/mol. The second-order valence-electron chi connectivity index (χ2n) is 14.1. The summed E-state index contributed by atoms with van der Waals surface area (Å²) in [6.07, 6.45) is 2.10. The Bertz CT molecular complexity index is 2980. The molecule has 7 aromatic carbocycles. The molecule has 0 unspecified atom stereocenters. The van der Waals surface area contributed by atoms with Gasteiger partial charge >= 0.3 is 0 Å². The molecule has 11 rings (SSSR count). The predicted molar refractivity (Wildman–Crippen MR) is 222 cm³/mol. The third kappa shape index (κ3) is 4.36. The molecule has 1 aliphatic carbocycles. The Morgan fingerprint density at radius 3 is 1.78 bits per heavy atom.